The summed E-state index contributed by atoms with van der Waals surface area (Å²) in [6, 6.07) is 7.43. The van der Waals surface area contributed by atoms with Crippen molar-refractivity contribution >= 4 is 47.7 Å². The Morgan fingerprint density at radius 1 is 1.35 bits per heavy atom. The summed E-state index contributed by atoms with van der Waals surface area (Å²) in [5.74, 6) is 0.115. The van der Waals surface area contributed by atoms with Crippen LogP contribution in [0.25, 0.3) is 0 Å². The molecule has 0 aliphatic carbocycles. The summed E-state index contributed by atoms with van der Waals surface area (Å²) in [5, 5.41) is 2.85. The molecule has 2 N–H and O–H groups in total. The van der Waals surface area contributed by atoms with Gasteiger partial charge >= 0.3 is 0 Å². The fourth-order valence-corrected chi connectivity index (χ4v) is 3.02. The van der Waals surface area contributed by atoms with Crippen LogP contribution in [-0.4, -0.2) is 35.5 Å². The minimum Gasteiger partial charge on any atom is -0.399 e. The zero-order valence-corrected chi connectivity index (χ0v) is 14.8. The number of hydrogen-bond donors (Lipinski definition) is 1. The molecule has 1 aliphatic rings. The highest BCUT2D eigenvalue weighted by Gasteiger charge is 2.26. The number of ether oxygens (including phenoxy) is 1. The average Bonchev–Trinajstić information content (AvgIpc) is 3.04. The van der Waals surface area contributed by atoms with Gasteiger partial charge in [-0.25, -0.2) is 4.98 Å². The summed E-state index contributed by atoms with van der Waals surface area (Å²) in [6.45, 7) is 1.76. The van der Waals surface area contributed by atoms with Gasteiger partial charge in [-0.15, -0.1) is 36.2 Å². The second-order valence-electron chi connectivity index (χ2n) is 4.99. The van der Waals surface area contributed by atoms with Crippen LogP contribution in [0.5, 0.6) is 0 Å². The summed E-state index contributed by atoms with van der Waals surface area (Å²) in [4.78, 5) is 18.5. The van der Waals surface area contributed by atoms with Crippen LogP contribution in [0.3, 0.4) is 0 Å². The van der Waals surface area contributed by atoms with E-state index in [4.69, 9.17) is 10.5 Å². The molecular formula is C15H19Cl2N3O2S. The molecule has 2 heterocycles. The Balaban J connectivity index is 0.00000132. The second kappa shape index (κ2) is 9.08. The molecule has 8 heteroatoms. The fourth-order valence-electron chi connectivity index (χ4n) is 2.34. The van der Waals surface area contributed by atoms with Crippen LogP contribution in [0, 0.1) is 0 Å². The van der Waals surface area contributed by atoms with Gasteiger partial charge in [0, 0.05) is 23.8 Å². The smallest absolute Gasteiger partial charge is 0.227 e. The maximum atomic E-state index is 12.4. The number of carbonyl (C=O) groups is 1. The molecule has 1 atom stereocenters. The zero-order valence-electron chi connectivity index (χ0n) is 12.4. The van der Waals surface area contributed by atoms with Crippen LogP contribution in [0.2, 0.25) is 0 Å². The summed E-state index contributed by atoms with van der Waals surface area (Å²) >= 11 is 1.56. The number of aromatic nitrogens is 1. The summed E-state index contributed by atoms with van der Waals surface area (Å²) in [6.07, 6.45) is 2.05. The average molecular weight is 376 g/mol. The summed E-state index contributed by atoms with van der Waals surface area (Å²) < 4.78 is 5.71. The Morgan fingerprint density at radius 2 is 2.09 bits per heavy atom. The fraction of sp³-hybridized carbons (Fsp3) is 0.333. The first-order valence-electron chi connectivity index (χ1n) is 6.85. The first-order chi connectivity index (χ1) is 10.2. The van der Waals surface area contributed by atoms with Crippen molar-refractivity contribution < 1.29 is 9.53 Å². The Kier molecular flexibility index (Phi) is 7.78. The number of nitrogen functional groups attached to an aromatic ring is 1. The molecule has 1 amide bonds. The molecule has 1 aromatic heterocycles. The quantitative estimate of drug-likeness (QED) is 0.837. The van der Waals surface area contributed by atoms with E-state index in [1.807, 2.05) is 34.5 Å². The maximum absolute atomic E-state index is 12.4. The van der Waals surface area contributed by atoms with E-state index in [1.54, 1.807) is 17.5 Å². The third-order valence-electron chi connectivity index (χ3n) is 3.48. The highest BCUT2D eigenvalue weighted by Crippen LogP contribution is 2.24. The predicted molar refractivity (Wildman–Crippen MR) is 96.4 cm³/mol. The molecule has 1 fully saturated rings. The molecule has 1 unspecified atom stereocenters. The minimum absolute atomic E-state index is 0. The van der Waals surface area contributed by atoms with Gasteiger partial charge in [-0.1, -0.05) is 12.1 Å². The van der Waals surface area contributed by atoms with Gasteiger partial charge in [-0.2, -0.15) is 0 Å². The summed E-state index contributed by atoms with van der Waals surface area (Å²) in [7, 11) is 0. The second-order valence-corrected chi connectivity index (χ2v) is 5.91. The van der Waals surface area contributed by atoms with Crippen molar-refractivity contribution in [1.29, 1.82) is 0 Å². The highest BCUT2D eigenvalue weighted by atomic mass is 35.5. The number of nitrogens with two attached hydrogens (primary N) is 1. The first kappa shape index (κ1) is 19.7. The van der Waals surface area contributed by atoms with Crippen LogP contribution in [0.4, 0.5) is 5.69 Å². The molecule has 0 spiro atoms. The van der Waals surface area contributed by atoms with Crippen molar-refractivity contribution in [3.8, 4) is 0 Å². The van der Waals surface area contributed by atoms with E-state index < -0.39 is 0 Å². The Hall–Kier alpha value is -1.34. The lowest BCUT2D eigenvalue weighted by Gasteiger charge is -2.32. The third-order valence-corrected chi connectivity index (χ3v) is 4.35. The van der Waals surface area contributed by atoms with E-state index in [0.717, 1.165) is 10.6 Å². The van der Waals surface area contributed by atoms with Crippen LogP contribution in [0.15, 0.2) is 35.8 Å². The maximum Gasteiger partial charge on any atom is 0.227 e. The predicted octanol–water partition coefficient (Wildman–Crippen LogP) is 2.71. The summed E-state index contributed by atoms with van der Waals surface area (Å²) in [5.41, 5.74) is 7.34. The number of benzene rings is 1. The van der Waals surface area contributed by atoms with Gasteiger partial charge in [0.15, 0.2) is 0 Å². The first-order valence-corrected chi connectivity index (χ1v) is 7.73. The minimum atomic E-state index is -0.103. The van der Waals surface area contributed by atoms with Crippen LogP contribution in [-0.2, 0) is 16.0 Å². The van der Waals surface area contributed by atoms with E-state index in [1.165, 1.54) is 0 Å². The number of halogens is 2. The number of amides is 1. The number of rotatable bonds is 3. The molecule has 1 aromatic carbocycles. The lowest BCUT2D eigenvalue weighted by atomic mass is 10.1. The Bertz CT molecular complexity index is 608. The number of carbonyl (C=O) groups excluding carboxylic acids is 1. The number of nitrogens with zero attached hydrogens (tertiary/aromatic N) is 2. The standard InChI is InChI=1S/C15H17N3O2S.2ClH/c16-12-3-1-11(2-4-12)9-14(19)18-6-7-20-13(10-18)15-17-5-8-21-15;;/h1-5,8,13H,6-7,9-10,16H2;2*1H. The van der Waals surface area contributed by atoms with Crippen molar-refractivity contribution in [1.82, 2.24) is 9.88 Å². The molecule has 0 radical (unpaired) electrons. The van der Waals surface area contributed by atoms with E-state index in [0.29, 0.717) is 31.8 Å². The van der Waals surface area contributed by atoms with Gasteiger partial charge < -0.3 is 15.4 Å². The van der Waals surface area contributed by atoms with E-state index in [2.05, 4.69) is 4.98 Å². The molecule has 2 aromatic rings. The normalized spacial score (nSPS) is 17.0. The molecule has 0 saturated carbocycles. The lowest BCUT2D eigenvalue weighted by molar-refractivity contribution is -0.138. The van der Waals surface area contributed by atoms with Crippen molar-refractivity contribution in [2.75, 3.05) is 25.4 Å². The van der Waals surface area contributed by atoms with E-state index in [9.17, 15) is 4.79 Å². The molecule has 0 bridgehead atoms. The van der Waals surface area contributed by atoms with Crippen molar-refractivity contribution in [2.45, 2.75) is 12.5 Å². The molecular weight excluding hydrogens is 357 g/mol. The van der Waals surface area contributed by atoms with Gasteiger partial charge in [0.1, 0.15) is 11.1 Å². The van der Waals surface area contributed by atoms with Gasteiger partial charge in [0.2, 0.25) is 5.91 Å². The van der Waals surface area contributed by atoms with Gasteiger partial charge in [-0.05, 0) is 17.7 Å². The third kappa shape index (κ3) is 5.07. The molecule has 126 valence electrons. The molecule has 3 rings (SSSR count). The van der Waals surface area contributed by atoms with E-state index in [-0.39, 0.29) is 36.8 Å². The van der Waals surface area contributed by atoms with Crippen LogP contribution >= 0.6 is 36.2 Å². The van der Waals surface area contributed by atoms with Crippen LogP contribution in [0.1, 0.15) is 16.7 Å². The van der Waals surface area contributed by atoms with Gasteiger partial charge in [0.25, 0.3) is 0 Å². The topological polar surface area (TPSA) is 68.5 Å². The zero-order chi connectivity index (χ0) is 14.7. The monoisotopic (exact) mass is 375 g/mol. The van der Waals surface area contributed by atoms with Crippen LogP contribution < -0.4 is 5.73 Å². The number of hydrogen-bond acceptors (Lipinski definition) is 5. The molecule has 5 nitrogen and oxygen atoms in total. The number of thiazole rings is 1. The van der Waals surface area contributed by atoms with E-state index >= 15 is 0 Å². The highest BCUT2D eigenvalue weighted by molar-refractivity contribution is 7.09. The van der Waals surface area contributed by atoms with Gasteiger partial charge in [0.05, 0.1) is 19.6 Å². The number of morpholine rings is 1. The van der Waals surface area contributed by atoms with Crippen molar-refractivity contribution in [3.63, 3.8) is 0 Å². The lowest BCUT2D eigenvalue weighted by Crippen LogP contribution is -2.42. The Morgan fingerprint density at radius 3 is 2.74 bits per heavy atom. The van der Waals surface area contributed by atoms with Crippen molar-refractivity contribution in [2.24, 2.45) is 0 Å². The largest absolute Gasteiger partial charge is 0.399 e. The van der Waals surface area contributed by atoms with Crippen molar-refractivity contribution in [3.05, 3.63) is 46.4 Å². The van der Waals surface area contributed by atoms with Gasteiger partial charge in [-0.3, -0.25) is 4.79 Å². The molecule has 1 aliphatic heterocycles. The number of anilines is 1. The molecule has 1 saturated heterocycles. The Labute approximate surface area is 151 Å². The SMILES string of the molecule is Cl.Cl.Nc1ccc(CC(=O)N2CCOC(c3nccs3)C2)cc1. The molecule has 23 heavy (non-hydrogen) atoms.